The molecule has 0 saturated heterocycles. The minimum absolute atomic E-state index is 0.206. The molecule has 6 nitrogen and oxygen atoms in total. The summed E-state index contributed by atoms with van der Waals surface area (Å²) in [6, 6.07) is 51.2. The molecule has 0 bridgehead atoms. The Hall–Kier alpha value is -5.76. The third-order valence-corrected chi connectivity index (χ3v) is 10.4. The number of carbonyl (C=O) groups is 2. The largest absolute Gasteiger partial charge is 0.463 e. The lowest BCUT2D eigenvalue weighted by Crippen LogP contribution is -2.11. The van der Waals surface area contributed by atoms with E-state index in [0.717, 1.165) is 51.7 Å². The lowest BCUT2D eigenvalue weighted by Gasteiger charge is -2.26. The van der Waals surface area contributed by atoms with Gasteiger partial charge in [-0.25, -0.2) is 0 Å². The van der Waals surface area contributed by atoms with Crippen molar-refractivity contribution in [2.45, 2.75) is 32.6 Å². The Morgan fingerprint density at radius 1 is 0.528 bits per heavy atom. The van der Waals surface area contributed by atoms with Gasteiger partial charge in [-0.3, -0.25) is 4.79 Å². The van der Waals surface area contributed by atoms with Crippen molar-refractivity contribution in [2.75, 3.05) is 30.1 Å². The second-order valence-corrected chi connectivity index (χ2v) is 14.1. The molecule has 0 aliphatic carbocycles. The highest BCUT2D eigenvalue weighted by Crippen LogP contribution is 2.43. The van der Waals surface area contributed by atoms with Crippen LogP contribution in [0, 0.1) is 0 Å². The van der Waals surface area contributed by atoms with Crippen LogP contribution in [0.2, 0.25) is 0 Å². The summed E-state index contributed by atoms with van der Waals surface area (Å²) >= 11 is 1.80. The van der Waals surface area contributed by atoms with Gasteiger partial charge in [0.2, 0.25) is 0 Å². The summed E-state index contributed by atoms with van der Waals surface area (Å²) in [5.41, 5.74) is 8.64. The van der Waals surface area contributed by atoms with Crippen LogP contribution in [0.15, 0.2) is 146 Å². The number of esters is 1. The summed E-state index contributed by atoms with van der Waals surface area (Å²) in [6.07, 6.45) is 2.24. The van der Waals surface area contributed by atoms with Crippen molar-refractivity contribution < 1.29 is 19.1 Å². The number of ketones is 1. The zero-order valence-corrected chi connectivity index (χ0v) is 30.9. The molecule has 0 unspecified atom stereocenters. The first-order valence-electron chi connectivity index (χ1n) is 18.0. The summed E-state index contributed by atoms with van der Waals surface area (Å²) in [5, 5.41) is 2.45. The number of ether oxygens (including phenoxy) is 2. The van der Waals surface area contributed by atoms with Crippen LogP contribution < -0.4 is 9.80 Å². The third-order valence-electron chi connectivity index (χ3n) is 9.31. The van der Waals surface area contributed by atoms with E-state index in [1.807, 2.05) is 12.1 Å². The average Bonchev–Trinajstić information content (AvgIpc) is 3.55. The normalized spacial score (nSPS) is 11.1. The van der Waals surface area contributed by atoms with Crippen molar-refractivity contribution in [1.29, 1.82) is 0 Å². The zero-order valence-electron chi connectivity index (χ0n) is 30.0. The Morgan fingerprint density at radius 3 is 1.42 bits per heavy atom. The van der Waals surface area contributed by atoms with Gasteiger partial charge in [-0.1, -0.05) is 72.8 Å². The second kappa shape index (κ2) is 16.7. The van der Waals surface area contributed by atoms with Gasteiger partial charge in [0.1, 0.15) is 12.4 Å². The number of carbonyl (C=O) groups excluding carboxylic acids is 2. The molecule has 0 N–H and O–H groups in total. The second-order valence-electron chi connectivity index (χ2n) is 13.1. The van der Waals surface area contributed by atoms with E-state index in [-0.39, 0.29) is 18.4 Å². The van der Waals surface area contributed by atoms with Gasteiger partial charge in [-0.2, -0.15) is 0 Å². The molecule has 6 aromatic carbocycles. The van der Waals surface area contributed by atoms with Crippen LogP contribution in [-0.4, -0.2) is 32.1 Å². The van der Waals surface area contributed by atoms with Gasteiger partial charge in [0.05, 0.1) is 6.61 Å². The molecule has 7 aromatic rings. The first kappa shape index (κ1) is 35.6. The van der Waals surface area contributed by atoms with Gasteiger partial charge >= 0.3 is 5.97 Å². The number of benzene rings is 6. The van der Waals surface area contributed by atoms with Crippen LogP contribution in [0.3, 0.4) is 0 Å². The number of hydrogen-bond donors (Lipinski definition) is 0. The average molecular weight is 719 g/mol. The van der Waals surface area contributed by atoms with E-state index in [9.17, 15) is 9.59 Å². The molecular weight excluding hydrogens is 677 g/mol. The third kappa shape index (κ3) is 8.49. The smallest absolute Gasteiger partial charge is 0.306 e. The standard InChI is InChI=1S/C46H42N2O4S/c1-33(49)13-14-34-15-20-38(21-16-34)47(36-9-5-3-6-10-36)40-24-26-42-43-27-25-41(32-45(43)53-44(42)31-40)48(37-11-7-4-8-12-37)39-22-17-35(18-23-39)19-28-46(50)52-30-29-51-2/h3-12,15-18,20-27,31-32H,13-14,19,28-30H2,1-2H3. The number of hydrogen-bond acceptors (Lipinski definition) is 7. The predicted molar refractivity (Wildman–Crippen MR) is 219 cm³/mol. The molecule has 0 saturated carbocycles. The Labute approximate surface area is 314 Å². The van der Waals surface area contributed by atoms with Crippen molar-refractivity contribution in [1.82, 2.24) is 0 Å². The first-order chi connectivity index (χ1) is 26.0. The number of thiophene rings is 1. The van der Waals surface area contributed by atoms with E-state index >= 15 is 0 Å². The van der Waals surface area contributed by atoms with Crippen LogP contribution in [-0.2, 0) is 31.9 Å². The van der Waals surface area contributed by atoms with Crippen molar-refractivity contribution in [2.24, 2.45) is 0 Å². The first-order valence-corrected chi connectivity index (χ1v) is 18.8. The number of methoxy groups -OCH3 is 1. The number of nitrogens with zero attached hydrogens (tertiary/aromatic N) is 2. The zero-order chi connectivity index (χ0) is 36.6. The van der Waals surface area contributed by atoms with Gasteiger partial charge in [0.25, 0.3) is 0 Å². The van der Waals surface area contributed by atoms with Crippen LogP contribution in [0.5, 0.6) is 0 Å². The SMILES string of the molecule is COCCOC(=O)CCc1ccc(N(c2ccccc2)c2ccc3c(c2)sc2cc(N(c4ccccc4)c4ccc(CCC(C)=O)cc4)ccc23)cc1. The Morgan fingerprint density at radius 2 is 0.962 bits per heavy atom. The minimum atomic E-state index is -0.218. The summed E-state index contributed by atoms with van der Waals surface area (Å²) in [4.78, 5) is 28.3. The van der Waals surface area contributed by atoms with Gasteiger partial charge < -0.3 is 24.1 Å². The molecule has 7 heteroatoms. The Kier molecular flexibility index (Phi) is 11.2. The molecule has 0 amide bonds. The summed E-state index contributed by atoms with van der Waals surface area (Å²) in [5.74, 6) is -0.0121. The Bertz CT molecular complexity index is 2300. The number of anilines is 6. The lowest BCUT2D eigenvalue weighted by atomic mass is 10.1. The molecule has 0 atom stereocenters. The molecular formula is C46H42N2O4S. The topological polar surface area (TPSA) is 59.1 Å². The van der Waals surface area contributed by atoms with Gasteiger partial charge in [-0.15, -0.1) is 11.3 Å². The number of aryl methyl sites for hydroxylation is 2. The number of para-hydroxylation sites is 2. The number of rotatable bonds is 15. The van der Waals surface area contributed by atoms with Crippen LogP contribution in [0.1, 0.15) is 30.9 Å². The fourth-order valence-electron chi connectivity index (χ4n) is 6.58. The quantitative estimate of drug-likeness (QED) is 0.0777. The summed E-state index contributed by atoms with van der Waals surface area (Å²) in [6.45, 7) is 2.32. The molecule has 53 heavy (non-hydrogen) atoms. The van der Waals surface area contributed by atoms with E-state index in [4.69, 9.17) is 9.47 Å². The maximum atomic E-state index is 12.1. The highest BCUT2D eigenvalue weighted by Gasteiger charge is 2.17. The maximum absolute atomic E-state index is 12.1. The van der Waals surface area contributed by atoms with Crippen molar-refractivity contribution in [3.63, 3.8) is 0 Å². The molecule has 1 aromatic heterocycles. The molecule has 0 aliphatic heterocycles. The van der Waals surface area contributed by atoms with Crippen molar-refractivity contribution >= 4 is 77.4 Å². The fraction of sp³-hybridized carbons (Fsp3) is 0.174. The monoisotopic (exact) mass is 718 g/mol. The van der Waals surface area contributed by atoms with Gasteiger partial charge in [0.15, 0.2) is 0 Å². The van der Waals surface area contributed by atoms with Crippen LogP contribution >= 0.6 is 11.3 Å². The Balaban J connectivity index is 1.19. The lowest BCUT2D eigenvalue weighted by molar-refractivity contribution is -0.144. The predicted octanol–water partition coefficient (Wildman–Crippen LogP) is 11.6. The molecule has 7 rings (SSSR count). The fourth-order valence-corrected chi connectivity index (χ4v) is 7.75. The van der Waals surface area contributed by atoms with Gasteiger partial charge in [0, 0.05) is 74.2 Å². The van der Waals surface area contributed by atoms with Crippen molar-refractivity contribution in [3.8, 4) is 0 Å². The minimum Gasteiger partial charge on any atom is -0.463 e. The van der Waals surface area contributed by atoms with Crippen molar-refractivity contribution in [3.05, 3.63) is 157 Å². The van der Waals surface area contributed by atoms with E-state index < -0.39 is 0 Å². The number of Topliss-reactive ketones (excluding diaryl/α,β-unsaturated/α-hetero) is 1. The molecule has 0 spiro atoms. The molecule has 266 valence electrons. The van der Waals surface area contributed by atoms with E-state index in [1.54, 1.807) is 25.4 Å². The van der Waals surface area contributed by atoms with Crippen LogP contribution in [0.25, 0.3) is 20.2 Å². The van der Waals surface area contributed by atoms with Crippen LogP contribution in [0.4, 0.5) is 34.1 Å². The molecule has 0 fully saturated rings. The van der Waals surface area contributed by atoms with E-state index in [0.29, 0.717) is 25.9 Å². The number of fused-ring (bicyclic) bond motifs is 3. The summed E-state index contributed by atoms with van der Waals surface area (Å²) in [7, 11) is 1.59. The summed E-state index contributed by atoms with van der Waals surface area (Å²) < 4.78 is 12.6. The van der Waals surface area contributed by atoms with E-state index in [2.05, 4.69) is 143 Å². The molecule has 0 radical (unpaired) electrons. The van der Waals surface area contributed by atoms with E-state index in [1.165, 1.54) is 20.2 Å². The molecule has 0 aliphatic rings. The highest BCUT2D eigenvalue weighted by atomic mass is 32.1. The van der Waals surface area contributed by atoms with Gasteiger partial charge in [-0.05, 0) is 104 Å². The highest BCUT2D eigenvalue weighted by molar-refractivity contribution is 7.25. The maximum Gasteiger partial charge on any atom is 0.306 e. The molecule has 1 heterocycles.